The molecule has 1 fully saturated rings. The summed E-state index contributed by atoms with van der Waals surface area (Å²) in [6.45, 7) is 2.43. The second-order valence-electron chi connectivity index (χ2n) is 3.61. The molecule has 2 amide bonds. The lowest BCUT2D eigenvalue weighted by atomic mass is 10.0. The molecule has 5 nitrogen and oxygen atoms in total. The summed E-state index contributed by atoms with van der Waals surface area (Å²) in [5.41, 5.74) is 10.8. The second-order valence-corrected chi connectivity index (χ2v) is 3.61. The Hall–Kier alpha value is -1.10. The number of nitrogens with zero attached hydrogens (tertiary/aromatic N) is 1. The van der Waals surface area contributed by atoms with Crippen LogP contribution in [-0.4, -0.2) is 35.3 Å². The van der Waals surface area contributed by atoms with E-state index < -0.39 is 18.0 Å². The number of rotatable bonds is 3. The highest BCUT2D eigenvalue weighted by Crippen LogP contribution is 2.14. The summed E-state index contributed by atoms with van der Waals surface area (Å²) in [6, 6.07) is -0.953. The lowest BCUT2D eigenvalue weighted by Gasteiger charge is -2.34. The van der Waals surface area contributed by atoms with Gasteiger partial charge in [0.05, 0.1) is 6.04 Å². The summed E-state index contributed by atoms with van der Waals surface area (Å²) in [5, 5.41) is 0. The Labute approximate surface area is 83.4 Å². The third kappa shape index (κ3) is 2.04. The molecule has 0 aromatic carbocycles. The Kier molecular flexibility index (Phi) is 3.46. The molecule has 4 N–H and O–H groups in total. The summed E-state index contributed by atoms with van der Waals surface area (Å²) >= 11 is 0. The average molecular weight is 199 g/mol. The molecule has 1 heterocycles. The zero-order valence-electron chi connectivity index (χ0n) is 8.40. The monoisotopic (exact) mass is 199 g/mol. The van der Waals surface area contributed by atoms with Crippen molar-refractivity contribution in [1.29, 1.82) is 0 Å². The number of carbonyl (C=O) groups excluding carboxylic acids is 2. The minimum Gasteiger partial charge on any atom is -0.368 e. The van der Waals surface area contributed by atoms with Crippen LogP contribution in [0.15, 0.2) is 0 Å². The first-order valence-electron chi connectivity index (χ1n) is 4.93. The van der Waals surface area contributed by atoms with Gasteiger partial charge in [0.1, 0.15) is 6.04 Å². The van der Waals surface area contributed by atoms with Gasteiger partial charge in [0.25, 0.3) is 0 Å². The highest BCUT2D eigenvalue weighted by atomic mass is 16.2. The quantitative estimate of drug-likeness (QED) is 0.623. The maximum Gasteiger partial charge on any atom is 0.240 e. The van der Waals surface area contributed by atoms with Crippen LogP contribution in [0.2, 0.25) is 0 Å². The van der Waals surface area contributed by atoms with Crippen molar-refractivity contribution in [3.05, 3.63) is 0 Å². The number of hydrogen-bond donors (Lipinski definition) is 2. The first kappa shape index (κ1) is 11.0. The van der Waals surface area contributed by atoms with E-state index in [1.54, 1.807) is 0 Å². The fourth-order valence-corrected chi connectivity index (χ4v) is 1.81. The molecular formula is C9H17N3O2. The first-order chi connectivity index (χ1) is 6.57. The fourth-order valence-electron chi connectivity index (χ4n) is 1.81. The minimum atomic E-state index is -0.492. The van der Waals surface area contributed by atoms with Crippen molar-refractivity contribution in [3.8, 4) is 0 Å². The molecule has 1 rings (SSSR count). The molecule has 2 atom stereocenters. The van der Waals surface area contributed by atoms with Crippen LogP contribution in [0.4, 0.5) is 0 Å². The number of primary amides is 1. The van der Waals surface area contributed by atoms with Crippen LogP contribution in [0.5, 0.6) is 0 Å². The minimum absolute atomic E-state index is 0.151. The van der Waals surface area contributed by atoms with Crippen LogP contribution in [0.3, 0.4) is 0 Å². The van der Waals surface area contributed by atoms with Crippen LogP contribution in [0, 0.1) is 0 Å². The smallest absolute Gasteiger partial charge is 0.240 e. The summed E-state index contributed by atoms with van der Waals surface area (Å²) in [6.07, 6.45) is 2.09. The van der Waals surface area contributed by atoms with E-state index in [-0.39, 0.29) is 5.91 Å². The lowest BCUT2D eigenvalue weighted by molar-refractivity contribution is -0.142. The van der Waals surface area contributed by atoms with Gasteiger partial charge >= 0.3 is 0 Å². The van der Waals surface area contributed by atoms with Crippen LogP contribution in [0.1, 0.15) is 26.2 Å². The molecule has 0 saturated carbocycles. The maximum atomic E-state index is 11.6. The van der Waals surface area contributed by atoms with Crippen molar-refractivity contribution in [1.82, 2.24) is 4.90 Å². The average Bonchev–Trinajstić information content (AvgIpc) is 2.13. The van der Waals surface area contributed by atoms with Crippen LogP contribution < -0.4 is 11.5 Å². The van der Waals surface area contributed by atoms with E-state index >= 15 is 0 Å². The summed E-state index contributed by atoms with van der Waals surface area (Å²) in [7, 11) is 0. The fraction of sp³-hybridized carbons (Fsp3) is 0.778. The highest BCUT2D eigenvalue weighted by Gasteiger charge is 2.32. The van der Waals surface area contributed by atoms with Gasteiger partial charge in [-0.25, -0.2) is 0 Å². The molecule has 1 aliphatic rings. The van der Waals surface area contributed by atoms with Gasteiger partial charge in [-0.1, -0.05) is 6.92 Å². The Morgan fingerprint density at radius 1 is 1.71 bits per heavy atom. The second kappa shape index (κ2) is 4.41. The molecular weight excluding hydrogens is 182 g/mol. The van der Waals surface area contributed by atoms with Crippen molar-refractivity contribution < 1.29 is 9.59 Å². The van der Waals surface area contributed by atoms with Gasteiger partial charge < -0.3 is 16.4 Å². The van der Waals surface area contributed by atoms with Gasteiger partial charge in [-0.15, -0.1) is 0 Å². The van der Waals surface area contributed by atoms with Crippen LogP contribution in [-0.2, 0) is 9.59 Å². The molecule has 0 spiro atoms. The van der Waals surface area contributed by atoms with Crippen molar-refractivity contribution >= 4 is 11.8 Å². The predicted octanol–water partition coefficient (Wildman–Crippen LogP) is -0.800. The number of amides is 2. The third-order valence-corrected chi connectivity index (χ3v) is 2.61. The van der Waals surface area contributed by atoms with Gasteiger partial charge in [0.15, 0.2) is 0 Å². The molecule has 14 heavy (non-hydrogen) atoms. The predicted molar refractivity (Wildman–Crippen MR) is 52.2 cm³/mol. The molecule has 0 aromatic rings. The molecule has 0 aromatic heterocycles. The standard InChI is InChI=1S/C9H17N3O2/c1-2-7(8(11)13)12-5-3-4-6(10)9(12)14/h6-7H,2-5,10H2,1H3,(H2,11,13). The maximum absolute atomic E-state index is 11.6. The van der Waals surface area contributed by atoms with Crippen molar-refractivity contribution in [2.75, 3.05) is 6.54 Å². The molecule has 0 bridgehead atoms. The van der Waals surface area contributed by atoms with Crippen molar-refractivity contribution in [3.63, 3.8) is 0 Å². The first-order valence-corrected chi connectivity index (χ1v) is 4.93. The van der Waals surface area contributed by atoms with Crippen LogP contribution >= 0.6 is 0 Å². The molecule has 1 saturated heterocycles. The summed E-state index contributed by atoms with van der Waals surface area (Å²) in [5.74, 6) is -0.600. The Morgan fingerprint density at radius 2 is 2.36 bits per heavy atom. The molecule has 0 aliphatic carbocycles. The number of likely N-dealkylation sites (tertiary alicyclic amines) is 1. The topological polar surface area (TPSA) is 89.4 Å². The zero-order chi connectivity index (χ0) is 10.7. The van der Waals surface area contributed by atoms with E-state index in [1.807, 2.05) is 6.92 Å². The molecule has 5 heteroatoms. The van der Waals surface area contributed by atoms with Crippen LogP contribution in [0.25, 0.3) is 0 Å². The Morgan fingerprint density at radius 3 is 2.86 bits per heavy atom. The molecule has 2 unspecified atom stereocenters. The van der Waals surface area contributed by atoms with E-state index in [9.17, 15) is 9.59 Å². The number of nitrogens with two attached hydrogens (primary N) is 2. The van der Waals surface area contributed by atoms with Crippen molar-refractivity contribution in [2.45, 2.75) is 38.3 Å². The van der Waals surface area contributed by atoms with Gasteiger partial charge in [-0.3, -0.25) is 9.59 Å². The SMILES string of the molecule is CCC(C(N)=O)N1CCCC(N)C1=O. The van der Waals surface area contributed by atoms with E-state index in [0.717, 1.165) is 6.42 Å². The van der Waals surface area contributed by atoms with Gasteiger partial charge in [-0.2, -0.15) is 0 Å². The van der Waals surface area contributed by atoms with Gasteiger partial charge in [0.2, 0.25) is 11.8 Å². The molecule has 1 aliphatic heterocycles. The highest BCUT2D eigenvalue weighted by molar-refractivity contribution is 5.89. The van der Waals surface area contributed by atoms with E-state index in [1.165, 1.54) is 4.90 Å². The molecule has 80 valence electrons. The van der Waals surface area contributed by atoms with Crippen molar-refractivity contribution in [2.24, 2.45) is 11.5 Å². The third-order valence-electron chi connectivity index (χ3n) is 2.61. The lowest BCUT2D eigenvalue weighted by Crippen LogP contribution is -2.55. The number of carbonyl (C=O) groups is 2. The Bertz CT molecular complexity index is 242. The van der Waals surface area contributed by atoms with Gasteiger partial charge in [-0.05, 0) is 19.3 Å². The zero-order valence-corrected chi connectivity index (χ0v) is 8.40. The largest absolute Gasteiger partial charge is 0.368 e. The van der Waals surface area contributed by atoms with E-state index in [2.05, 4.69) is 0 Å². The van der Waals surface area contributed by atoms with Gasteiger partial charge in [0, 0.05) is 6.54 Å². The summed E-state index contributed by atoms with van der Waals surface area (Å²) in [4.78, 5) is 24.2. The number of hydrogen-bond acceptors (Lipinski definition) is 3. The molecule has 0 radical (unpaired) electrons. The van der Waals surface area contributed by atoms with E-state index in [4.69, 9.17) is 11.5 Å². The van der Waals surface area contributed by atoms with E-state index in [0.29, 0.717) is 19.4 Å². The summed E-state index contributed by atoms with van der Waals surface area (Å²) < 4.78 is 0. The Balaban J connectivity index is 2.74. The normalized spacial score (nSPS) is 24.9. The number of piperidine rings is 1.